The zero-order chi connectivity index (χ0) is 8.27. The van der Waals surface area contributed by atoms with E-state index in [4.69, 9.17) is 10.2 Å². The molecular formula is C8H9BrO2. The molecule has 1 aromatic rings. The average molecular weight is 217 g/mol. The summed E-state index contributed by atoms with van der Waals surface area (Å²) in [6, 6.07) is 5.01. The maximum absolute atomic E-state index is 9.01. The van der Waals surface area contributed by atoms with Crippen LogP contribution in [0.5, 0.6) is 5.75 Å². The van der Waals surface area contributed by atoms with Crippen LogP contribution in [0.2, 0.25) is 0 Å². The highest BCUT2D eigenvalue weighted by Crippen LogP contribution is 2.22. The topological polar surface area (TPSA) is 40.5 Å². The molecule has 11 heavy (non-hydrogen) atoms. The number of aliphatic hydroxyl groups is 1. The Balaban J connectivity index is 2.90. The van der Waals surface area contributed by atoms with E-state index < -0.39 is 0 Å². The van der Waals surface area contributed by atoms with Crippen LogP contribution >= 0.6 is 15.9 Å². The van der Waals surface area contributed by atoms with Gasteiger partial charge in [-0.3, -0.25) is 0 Å². The summed E-state index contributed by atoms with van der Waals surface area (Å²) >= 11 is 3.28. The van der Waals surface area contributed by atoms with Crippen LogP contribution in [0, 0.1) is 0 Å². The summed E-state index contributed by atoms with van der Waals surface area (Å²) in [5.41, 5.74) is 1.00. The molecule has 0 saturated carbocycles. The second-order valence-electron chi connectivity index (χ2n) is 2.25. The molecule has 0 bridgehead atoms. The fraction of sp³-hybridized carbons (Fsp3) is 0.250. The minimum atomic E-state index is 0.128. The van der Waals surface area contributed by atoms with Gasteiger partial charge in [0.2, 0.25) is 0 Å². The van der Waals surface area contributed by atoms with Crippen molar-refractivity contribution in [1.29, 1.82) is 0 Å². The van der Waals surface area contributed by atoms with Gasteiger partial charge >= 0.3 is 0 Å². The van der Waals surface area contributed by atoms with Gasteiger partial charge in [-0.15, -0.1) is 0 Å². The molecule has 60 valence electrons. The molecule has 0 atom stereocenters. The van der Waals surface area contributed by atoms with Gasteiger partial charge in [-0.1, -0.05) is 22.0 Å². The lowest BCUT2D eigenvalue weighted by molar-refractivity contribution is 0.299. The molecule has 0 aromatic heterocycles. The van der Waals surface area contributed by atoms with E-state index >= 15 is 0 Å². The Hall–Kier alpha value is -0.540. The Kier molecular flexibility index (Phi) is 2.91. The molecule has 0 fully saturated rings. The predicted molar refractivity (Wildman–Crippen MR) is 46.6 cm³/mol. The molecule has 0 spiro atoms. The van der Waals surface area contributed by atoms with Crippen molar-refractivity contribution in [3.63, 3.8) is 0 Å². The third kappa shape index (κ3) is 2.20. The van der Waals surface area contributed by atoms with Gasteiger partial charge in [-0.2, -0.15) is 0 Å². The monoisotopic (exact) mass is 216 g/mol. The molecule has 0 aliphatic heterocycles. The average Bonchev–Trinajstić information content (AvgIpc) is 1.95. The molecule has 0 radical (unpaired) electrons. The van der Waals surface area contributed by atoms with Gasteiger partial charge in [0.15, 0.2) is 0 Å². The molecule has 0 amide bonds. The van der Waals surface area contributed by atoms with E-state index in [9.17, 15) is 0 Å². The van der Waals surface area contributed by atoms with Crippen molar-refractivity contribution in [3.05, 3.63) is 28.2 Å². The third-order valence-corrected chi connectivity index (χ3v) is 2.16. The summed E-state index contributed by atoms with van der Waals surface area (Å²) in [4.78, 5) is 0. The van der Waals surface area contributed by atoms with Gasteiger partial charge in [0.1, 0.15) is 5.75 Å². The lowest BCUT2D eigenvalue weighted by Crippen LogP contribution is -1.90. The number of aromatic hydroxyl groups is 1. The summed E-state index contributed by atoms with van der Waals surface area (Å²) in [5.74, 6) is 0.235. The number of phenolic OH excluding ortho intramolecular Hbond substituents is 1. The zero-order valence-corrected chi connectivity index (χ0v) is 7.50. The summed E-state index contributed by atoms with van der Waals surface area (Å²) in [7, 11) is 0. The van der Waals surface area contributed by atoms with E-state index in [1.54, 1.807) is 18.2 Å². The molecule has 1 rings (SSSR count). The summed E-state index contributed by atoms with van der Waals surface area (Å²) in [6.45, 7) is 0.128. The van der Waals surface area contributed by atoms with Gasteiger partial charge in [0, 0.05) is 11.1 Å². The molecule has 0 aliphatic carbocycles. The van der Waals surface area contributed by atoms with E-state index in [0.717, 1.165) is 10.0 Å². The van der Waals surface area contributed by atoms with Crippen molar-refractivity contribution in [3.8, 4) is 5.75 Å². The standard InChI is InChI=1S/C8H9BrO2/c9-8-5-7(11)2-1-6(8)3-4-10/h1-2,5,10-11H,3-4H2. The largest absolute Gasteiger partial charge is 0.508 e. The van der Waals surface area contributed by atoms with Crippen LogP contribution in [0.3, 0.4) is 0 Å². The van der Waals surface area contributed by atoms with Crippen LogP contribution in [-0.2, 0) is 6.42 Å². The quantitative estimate of drug-likeness (QED) is 0.791. The molecule has 0 unspecified atom stereocenters. The van der Waals surface area contributed by atoms with Crippen LogP contribution in [0.4, 0.5) is 0 Å². The summed E-state index contributed by atoms with van der Waals surface area (Å²) < 4.78 is 0.839. The first-order valence-corrected chi connectivity index (χ1v) is 4.11. The maximum Gasteiger partial charge on any atom is 0.116 e. The number of benzene rings is 1. The van der Waals surface area contributed by atoms with Gasteiger partial charge in [-0.25, -0.2) is 0 Å². The normalized spacial score (nSPS) is 10.0. The fourth-order valence-corrected chi connectivity index (χ4v) is 1.42. The lowest BCUT2D eigenvalue weighted by Gasteiger charge is -2.01. The van der Waals surface area contributed by atoms with Crippen molar-refractivity contribution in [2.24, 2.45) is 0 Å². The summed E-state index contributed by atoms with van der Waals surface area (Å²) in [6.07, 6.45) is 0.612. The lowest BCUT2D eigenvalue weighted by atomic mass is 10.1. The number of rotatable bonds is 2. The number of aliphatic hydroxyl groups excluding tert-OH is 1. The van der Waals surface area contributed by atoms with Gasteiger partial charge in [0.05, 0.1) is 0 Å². The third-order valence-electron chi connectivity index (χ3n) is 1.42. The van der Waals surface area contributed by atoms with E-state index in [-0.39, 0.29) is 12.4 Å². The zero-order valence-electron chi connectivity index (χ0n) is 5.92. The van der Waals surface area contributed by atoms with Gasteiger partial charge in [-0.05, 0) is 24.1 Å². The highest BCUT2D eigenvalue weighted by molar-refractivity contribution is 9.10. The van der Waals surface area contributed by atoms with E-state index in [1.165, 1.54) is 0 Å². The van der Waals surface area contributed by atoms with Crippen molar-refractivity contribution in [2.45, 2.75) is 6.42 Å². The first-order chi connectivity index (χ1) is 5.24. The number of phenols is 1. The maximum atomic E-state index is 9.01. The molecule has 1 aromatic carbocycles. The second-order valence-corrected chi connectivity index (χ2v) is 3.10. The Bertz CT molecular complexity index is 248. The molecule has 0 heterocycles. The Morgan fingerprint density at radius 3 is 2.64 bits per heavy atom. The van der Waals surface area contributed by atoms with Crippen molar-refractivity contribution in [2.75, 3.05) is 6.61 Å². The minimum Gasteiger partial charge on any atom is -0.508 e. The molecule has 2 N–H and O–H groups in total. The smallest absolute Gasteiger partial charge is 0.116 e. The predicted octanol–water partition coefficient (Wildman–Crippen LogP) is 1.69. The van der Waals surface area contributed by atoms with Crippen LogP contribution in [-0.4, -0.2) is 16.8 Å². The fourth-order valence-electron chi connectivity index (χ4n) is 0.859. The summed E-state index contributed by atoms with van der Waals surface area (Å²) in [5, 5.41) is 17.6. The van der Waals surface area contributed by atoms with Crippen LogP contribution in [0.15, 0.2) is 22.7 Å². The molecule has 0 aliphatic rings. The molecule has 2 nitrogen and oxygen atoms in total. The second kappa shape index (κ2) is 3.74. The number of hydrogen-bond donors (Lipinski definition) is 2. The Morgan fingerprint density at radius 1 is 1.36 bits per heavy atom. The number of hydrogen-bond acceptors (Lipinski definition) is 2. The Labute approximate surface area is 73.6 Å². The van der Waals surface area contributed by atoms with Gasteiger partial charge in [0.25, 0.3) is 0 Å². The van der Waals surface area contributed by atoms with Crippen LogP contribution in [0.25, 0.3) is 0 Å². The van der Waals surface area contributed by atoms with Crippen LogP contribution in [0.1, 0.15) is 5.56 Å². The first kappa shape index (κ1) is 8.56. The Morgan fingerprint density at radius 2 is 2.09 bits per heavy atom. The van der Waals surface area contributed by atoms with Crippen molar-refractivity contribution < 1.29 is 10.2 Å². The van der Waals surface area contributed by atoms with E-state index in [0.29, 0.717) is 6.42 Å². The highest BCUT2D eigenvalue weighted by atomic mass is 79.9. The van der Waals surface area contributed by atoms with E-state index in [2.05, 4.69) is 15.9 Å². The molecule has 0 saturated heterocycles. The SMILES string of the molecule is OCCc1ccc(O)cc1Br. The van der Waals surface area contributed by atoms with Crippen molar-refractivity contribution in [1.82, 2.24) is 0 Å². The highest BCUT2D eigenvalue weighted by Gasteiger charge is 1.98. The number of halogens is 1. The molecule has 3 heteroatoms. The van der Waals surface area contributed by atoms with Gasteiger partial charge < -0.3 is 10.2 Å². The first-order valence-electron chi connectivity index (χ1n) is 3.32. The van der Waals surface area contributed by atoms with E-state index in [1.807, 2.05) is 0 Å². The molecular weight excluding hydrogens is 208 g/mol. The van der Waals surface area contributed by atoms with Crippen molar-refractivity contribution >= 4 is 15.9 Å². The van der Waals surface area contributed by atoms with Crippen LogP contribution < -0.4 is 0 Å². The minimum absolute atomic E-state index is 0.128.